The van der Waals surface area contributed by atoms with Gasteiger partial charge in [0.25, 0.3) is 0 Å². The van der Waals surface area contributed by atoms with Gasteiger partial charge in [0.2, 0.25) is 5.95 Å². The second kappa shape index (κ2) is 11.6. The van der Waals surface area contributed by atoms with E-state index >= 15 is 0 Å². The summed E-state index contributed by atoms with van der Waals surface area (Å²) in [4.78, 5) is 27.0. The first-order chi connectivity index (χ1) is 16.6. The number of urea groups is 1. The van der Waals surface area contributed by atoms with E-state index in [4.69, 9.17) is 0 Å². The van der Waals surface area contributed by atoms with Gasteiger partial charge < -0.3 is 10.4 Å². The Kier molecular flexibility index (Phi) is 8.82. The highest BCUT2D eigenvalue weighted by Gasteiger charge is 2.34. The van der Waals surface area contributed by atoms with Crippen molar-refractivity contribution in [2.24, 2.45) is 0 Å². The van der Waals surface area contributed by atoms with Crippen LogP contribution in [0, 0.1) is 11.6 Å². The Morgan fingerprint density at radius 1 is 1.14 bits per heavy atom. The number of halogens is 2. The van der Waals surface area contributed by atoms with Crippen molar-refractivity contribution in [2.75, 3.05) is 34.8 Å². The number of aromatic nitrogens is 2. The van der Waals surface area contributed by atoms with Gasteiger partial charge in [0, 0.05) is 36.9 Å². The van der Waals surface area contributed by atoms with Crippen molar-refractivity contribution in [2.45, 2.75) is 72.5 Å². The number of phenols is 1. The third-order valence-electron chi connectivity index (χ3n) is 6.24. The first kappa shape index (κ1) is 26.6. The van der Waals surface area contributed by atoms with Crippen molar-refractivity contribution >= 4 is 23.5 Å². The third-order valence-corrected chi connectivity index (χ3v) is 6.24. The number of amides is 2. The lowest BCUT2D eigenvalue weighted by Crippen LogP contribution is -2.48. The van der Waals surface area contributed by atoms with E-state index in [2.05, 4.69) is 47.9 Å². The van der Waals surface area contributed by atoms with Gasteiger partial charge in [-0.05, 0) is 66.1 Å². The quantitative estimate of drug-likeness (QED) is 0.425. The first-order valence-corrected chi connectivity index (χ1v) is 12.3. The molecule has 1 aromatic carbocycles. The Balaban J connectivity index is 1.63. The zero-order valence-corrected chi connectivity index (χ0v) is 21.2. The summed E-state index contributed by atoms with van der Waals surface area (Å²) >= 11 is 0. The molecule has 0 unspecified atom stereocenters. The lowest BCUT2D eigenvalue weighted by molar-refractivity contribution is 0.171. The summed E-state index contributed by atoms with van der Waals surface area (Å²) in [6.45, 7) is 12.8. The molecular formula is C25H36F2N6O2. The third kappa shape index (κ3) is 5.98. The number of hydrogen-bond donors (Lipinski definition) is 2. The van der Waals surface area contributed by atoms with Gasteiger partial charge in [-0.15, -0.1) is 0 Å². The highest BCUT2D eigenvalue weighted by molar-refractivity contribution is 6.05. The molecule has 0 aliphatic carbocycles. The minimum Gasteiger partial charge on any atom is -0.503 e. The minimum absolute atomic E-state index is 0.00907. The average Bonchev–Trinajstić information content (AvgIpc) is 2.81. The summed E-state index contributed by atoms with van der Waals surface area (Å²) in [6, 6.07) is 2.62. The van der Waals surface area contributed by atoms with Crippen LogP contribution in [0.2, 0.25) is 0 Å². The van der Waals surface area contributed by atoms with Gasteiger partial charge in [0.1, 0.15) is 5.82 Å². The van der Waals surface area contributed by atoms with Crippen LogP contribution in [0.3, 0.4) is 0 Å². The average molecular weight is 491 g/mol. The normalized spacial score (nSPS) is 13.8. The molecule has 3 rings (SSSR count). The molecular weight excluding hydrogens is 454 g/mol. The van der Waals surface area contributed by atoms with Gasteiger partial charge in [0.05, 0.1) is 12.2 Å². The van der Waals surface area contributed by atoms with E-state index in [1.165, 1.54) is 4.90 Å². The number of anilines is 3. The molecule has 2 N–H and O–H groups in total. The molecule has 35 heavy (non-hydrogen) atoms. The van der Waals surface area contributed by atoms with Crippen LogP contribution < -0.4 is 15.1 Å². The largest absolute Gasteiger partial charge is 0.503 e. The van der Waals surface area contributed by atoms with Crippen LogP contribution in [0.5, 0.6) is 5.75 Å². The number of phenolic OH excluding ortho intramolecular Hbond substituents is 1. The molecule has 0 fully saturated rings. The molecule has 0 spiro atoms. The highest BCUT2D eigenvalue weighted by Crippen LogP contribution is 2.35. The second-order valence-electron chi connectivity index (χ2n) is 9.30. The number of fused-ring (bicyclic) bond motifs is 1. The van der Waals surface area contributed by atoms with Gasteiger partial charge >= 0.3 is 6.03 Å². The highest BCUT2D eigenvalue weighted by atomic mass is 19.1. The number of aromatic hydroxyl groups is 1. The molecule has 0 saturated heterocycles. The molecule has 0 radical (unpaired) electrons. The maximum Gasteiger partial charge on any atom is 0.330 e. The van der Waals surface area contributed by atoms with Crippen LogP contribution >= 0.6 is 0 Å². The van der Waals surface area contributed by atoms with Crippen molar-refractivity contribution in [3.8, 4) is 5.75 Å². The summed E-state index contributed by atoms with van der Waals surface area (Å²) in [5.74, 6) is -2.48. The fraction of sp³-hybridized carbons (Fsp3) is 0.560. The van der Waals surface area contributed by atoms with Crippen LogP contribution in [0.1, 0.15) is 59.4 Å². The first-order valence-electron chi connectivity index (χ1n) is 12.3. The Morgan fingerprint density at radius 2 is 1.86 bits per heavy atom. The number of benzene rings is 1. The van der Waals surface area contributed by atoms with Gasteiger partial charge in [-0.1, -0.05) is 6.42 Å². The summed E-state index contributed by atoms with van der Waals surface area (Å²) in [5, 5.41) is 12.9. The van der Waals surface area contributed by atoms with E-state index in [9.17, 15) is 18.7 Å². The molecule has 1 aliphatic heterocycles. The van der Waals surface area contributed by atoms with Crippen LogP contribution in [-0.2, 0) is 6.54 Å². The van der Waals surface area contributed by atoms with Gasteiger partial charge in [0.15, 0.2) is 17.4 Å². The summed E-state index contributed by atoms with van der Waals surface area (Å²) in [5.41, 5.74) is 0.427. The zero-order valence-electron chi connectivity index (χ0n) is 21.2. The van der Waals surface area contributed by atoms with Gasteiger partial charge in [-0.2, -0.15) is 4.98 Å². The lowest BCUT2D eigenvalue weighted by atomic mass is 10.1. The molecule has 2 aromatic rings. The van der Waals surface area contributed by atoms with Crippen molar-refractivity contribution in [3.63, 3.8) is 0 Å². The lowest BCUT2D eigenvalue weighted by Gasteiger charge is -2.35. The van der Waals surface area contributed by atoms with E-state index in [1.807, 2.05) is 0 Å². The number of carbonyl (C=O) groups is 1. The van der Waals surface area contributed by atoms with E-state index < -0.39 is 23.4 Å². The van der Waals surface area contributed by atoms with E-state index in [1.54, 1.807) is 13.1 Å². The summed E-state index contributed by atoms with van der Waals surface area (Å²) < 4.78 is 28.0. The SMILES string of the molecule is CCN1C(=O)N(c2ccc(F)c(O)c2F)Cc2cnc(NCCCCCN(C(C)C)C(C)C)nc21. The van der Waals surface area contributed by atoms with Crippen molar-refractivity contribution in [1.29, 1.82) is 0 Å². The maximum absolute atomic E-state index is 14.5. The van der Waals surface area contributed by atoms with Crippen LogP contribution in [0.25, 0.3) is 0 Å². The molecule has 8 nitrogen and oxygen atoms in total. The van der Waals surface area contributed by atoms with Gasteiger partial charge in [-0.3, -0.25) is 14.7 Å². The minimum atomic E-state index is -1.18. The summed E-state index contributed by atoms with van der Waals surface area (Å²) in [6.07, 6.45) is 4.78. The smallest absolute Gasteiger partial charge is 0.330 e. The van der Waals surface area contributed by atoms with Crippen molar-refractivity contribution in [1.82, 2.24) is 14.9 Å². The standard InChI is InChI=1S/C25H36F2N6O2/c1-6-31-23-18(15-33(25(31)35)20-11-10-19(26)22(34)21(20)27)14-29-24(30-23)28-12-8-7-9-13-32(16(2)3)17(4)5/h10-11,14,16-17,34H,6-9,12-13,15H2,1-5H3,(H,28,29,30). The molecule has 192 valence electrons. The number of nitrogens with zero attached hydrogens (tertiary/aromatic N) is 5. The monoisotopic (exact) mass is 490 g/mol. The predicted octanol–water partition coefficient (Wildman–Crippen LogP) is 5.13. The van der Waals surface area contributed by atoms with Crippen molar-refractivity contribution < 1.29 is 18.7 Å². The van der Waals surface area contributed by atoms with Crippen LogP contribution in [0.4, 0.5) is 31.0 Å². The van der Waals surface area contributed by atoms with Gasteiger partial charge in [-0.25, -0.2) is 18.6 Å². The number of nitrogens with one attached hydrogen (secondary N) is 1. The molecule has 2 heterocycles. The number of carbonyl (C=O) groups excluding carboxylic acids is 1. The molecule has 0 bridgehead atoms. The van der Waals surface area contributed by atoms with E-state index in [-0.39, 0.29) is 12.2 Å². The van der Waals surface area contributed by atoms with E-state index in [0.29, 0.717) is 42.5 Å². The number of unbranched alkanes of at least 4 members (excludes halogenated alkanes) is 2. The fourth-order valence-electron chi connectivity index (χ4n) is 4.42. The Morgan fingerprint density at radius 3 is 2.51 bits per heavy atom. The fourth-order valence-corrected chi connectivity index (χ4v) is 4.42. The molecule has 1 aliphatic rings. The van der Waals surface area contributed by atoms with E-state index in [0.717, 1.165) is 42.8 Å². The van der Waals surface area contributed by atoms with Crippen LogP contribution in [0.15, 0.2) is 18.3 Å². The topological polar surface area (TPSA) is 84.8 Å². The molecule has 10 heteroatoms. The second-order valence-corrected chi connectivity index (χ2v) is 9.30. The Bertz CT molecular complexity index is 1030. The maximum atomic E-state index is 14.5. The molecule has 1 aromatic heterocycles. The number of rotatable bonds is 11. The zero-order chi connectivity index (χ0) is 25.7. The molecule has 0 saturated carbocycles. The number of hydrogen-bond acceptors (Lipinski definition) is 6. The Hall–Kier alpha value is -3.01. The predicted molar refractivity (Wildman–Crippen MR) is 134 cm³/mol. The van der Waals surface area contributed by atoms with Crippen LogP contribution in [-0.4, -0.2) is 57.7 Å². The summed E-state index contributed by atoms with van der Waals surface area (Å²) in [7, 11) is 0. The molecule has 2 amide bonds. The Labute approximate surface area is 206 Å². The molecule has 0 atom stereocenters. The van der Waals surface area contributed by atoms with Crippen molar-refractivity contribution in [3.05, 3.63) is 35.5 Å².